The molecule has 3 aromatic carbocycles. The summed E-state index contributed by atoms with van der Waals surface area (Å²) in [4.78, 5) is 14.2. The van der Waals surface area contributed by atoms with Gasteiger partial charge in [0.2, 0.25) is 0 Å². The van der Waals surface area contributed by atoms with E-state index in [1.54, 1.807) is 0 Å². The lowest BCUT2D eigenvalue weighted by molar-refractivity contribution is -0.164. The first kappa shape index (κ1) is 34.5. The molecule has 0 bridgehead atoms. The highest BCUT2D eigenvalue weighted by molar-refractivity contribution is 7.97. The van der Waals surface area contributed by atoms with Gasteiger partial charge in [0.15, 0.2) is 20.8 Å². The van der Waals surface area contributed by atoms with Crippen LogP contribution in [0.2, 0.25) is 0 Å². The van der Waals surface area contributed by atoms with Gasteiger partial charge in [0, 0.05) is 13.8 Å². The number of rotatable bonds is 5. The topological polar surface area (TPSA) is 26.3 Å². The van der Waals surface area contributed by atoms with Crippen LogP contribution in [0.3, 0.4) is 0 Å². The standard InChI is InChI=1S/C18H15S.C6H10F2O2.3C2H6/c1-4-10-16(11-5-1)19(17-12-6-2-7-13-17)18-14-8-3-9-15-18;1-4(6(3,7)8)10-5(2)9;3*1-2/h1-15H;4H,1-3H3;3*1-2H3/q+1;;;;. The van der Waals surface area contributed by atoms with Crippen LogP contribution in [-0.2, 0) is 20.4 Å². The molecule has 0 fully saturated rings. The van der Waals surface area contributed by atoms with Gasteiger partial charge in [0.25, 0.3) is 5.92 Å². The molecule has 0 heterocycles. The van der Waals surface area contributed by atoms with Crippen LogP contribution in [0.5, 0.6) is 0 Å². The van der Waals surface area contributed by atoms with Crippen molar-refractivity contribution in [2.24, 2.45) is 0 Å². The minimum Gasteiger partial charge on any atom is -0.456 e. The van der Waals surface area contributed by atoms with Crippen molar-refractivity contribution in [2.75, 3.05) is 0 Å². The Balaban J connectivity index is 0. The molecular formula is C30H43F2O2S+. The van der Waals surface area contributed by atoms with E-state index in [2.05, 4.69) is 95.7 Å². The van der Waals surface area contributed by atoms with Crippen molar-refractivity contribution in [3.8, 4) is 0 Å². The number of ether oxygens (including phenoxy) is 1. The molecule has 3 rings (SSSR count). The van der Waals surface area contributed by atoms with Gasteiger partial charge in [-0.1, -0.05) is 96.1 Å². The fourth-order valence-electron chi connectivity index (χ4n) is 2.43. The summed E-state index contributed by atoms with van der Waals surface area (Å²) < 4.78 is 28.6. The molecule has 0 aliphatic rings. The number of halogens is 2. The molecule has 1 unspecified atom stereocenters. The Morgan fingerprint density at radius 2 is 0.943 bits per heavy atom. The summed E-state index contributed by atoms with van der Waals surface area (Å²) in [5, 5.41) is 0. The van der Waals surface area contributed by atoms with Crippen molar-refractivity contribution in [2.45, 2.75) is 89.0 Å². The maximum atomic E-state index is 12.2. The molecule has 3 aromatic rings. The summed E-state index contributed by atoms with van der Waals surface area (Å²) in [7, 11) is -0.0146. The number of alkyl halides is 2. The third-order valence-electron chi connectivity index (χ3n) is 3.99. The molecule has 0 radical (unpaired) electrons. The van der Waals surface area contributed by atoms with Gasteiger partial charge in [0.05, 0.1) is 10.9 Å². The van der Waals surface area contributed by atoms with Gasteiger partial charge in [0.1, 0.15) is 0 Å². The van der Waals surface area contributed by atoms with Crippen LogP contribution in [-0.4, -0.2) is 18.0 Å². The summed E-state index contributed by atoms with van der Waals surface area (Å²) in [6.07, 6.45) is -1.34. The Morgan fingerprint density at radius 3 is 1.11 bits per heavy atom. The first-order chi connectivity index (χ1) is 16.8. The van der Waals surface area contributed by atoms with E-state index in [1.807, 2.05) is 41.5 Å². The number of carbonyl (C=O) groups excluding carboxylic acids is 1. The lowest BCUT2D eigenvalue weighted by Gasteiger charge is -2.18. The van der Waals surface area contributed by atoms with Crippen molar-refractivity contribution in [3.63, 3.8) is 0 Å². The van der Waals surface area contributed by atoms with Crippen LogP contribution in [0.4, 0.5) is 8.78 Å². The number of benzene rings is 3. The highest BCUT2D eigenvalue weighted by atomic mass is 32.2. The molecule has 0 saturated carbocycles. The van der Waals surface area contributed by atoms with Crippen LogP contribution in [0.1, 0.15) is 62.3 Å². The molecular weight excluding hydrogens is 462 g/mol. The van der Waals surface area contributed by atoms with Crippen LogP contribution < -0.4 is 0 Å². The summed E-state index contributed by atoms with van der Waals surface area (Å²) >= 11 is 0. The number of esters is 1. The molecule has 0 aromatic heterocycles. The van der Waals surface area contributed by atoms with E-state index >= 15 is 0 Å². The maximum absolute atomic E-state index is 12.2. The van der Waals surface area contributed by atoms with Crippen molar-refractivity contribution in [1.82, 2.24) is 0 Å². The molecule has 194 valence electrons. The van der Waals surface area contributed by atoms with E-state index in [9.17, 15) is 13.6 Å². The van der Waals surface area contributed by atoms with Gasteiger partial charge in [-0.15, -0.1) is 0 Å². The number of hydrogen-bond acceptors (Lipinski definition) is 2. The van der Waals surface area contributed by atoms with Gasteiger partial charge >= 0.3 is 5.97 Å². The van der Waals surface area contributed by atoms with Crippen LogP contribution in [0, 0.1) is 0 Å². The van der Waals surface area contributed by atoms with Gasteiger partial charge in [-0.2, -0.15) is 0 Å². The molecule has 1 atom stereocenters. The highest BCUT2D eigenvalue weighted by Crippen LogP contribution is 2.30. The van der Waals surface area contributed by atoms with E-state index in [4.69, 9.17) is 0 Å². The zero-order valence-corrected chi connectivity index (χ0v) is 23.5. The van der Waals surface area contributed by atoms with Crippen LogP contribution in [0.15, 0.2) is 106 Å². The van der Waals surface area contributed by atoms with Crippen molar-refractivity contribution in [3.05, 3.63) is 91.0 Å². The van der Waals surface area contributed by atoms with Gasteiger partial charge in [-0.25, -0.2) is 8.78 Å². The summed E-state index contributed by atoms with van der Waals surface area (Å²) in [5.74, 6) is -3.64. The van der Waals surface area contributed by atoms with E-state index < -0.39 is 18.0 Å². The SMILES string of the molecule is CC.CC.CC.CC(=O)OC(C)C(C)(F)F.c1ccc([S+](c2ccccc2)c2ccccc2)cc1. The predicted octanol–water partition coefficient (Wildman–Crippen LogP) is 9.45. The lowest BCUT2D eigenvalue weighted by Crippen LogP contribution is -2.31. The zero-order chi connectivity index (χ0) is 27.3. The predicted molar refractivity (Wildman–Crippen MR) is 147 cm³/mol. The average Bonchev–Trinajstić information content (AvgIpc) is 2.89. The van der Waals surface area contributed by atoms with E-state index in [0.717, 1.165) is 13.8 Å². The second-order valence-corrected chi connectivity index (χ2v) is 8.48. The third-order valence-corrected chi connectivity index (χ3v) is 6.22. The van der Waals surface area contributed by atoms with Crippen molar-refractivity contribution in [1.29, 1.82) is 0 Å². The Kier molecular flexibility index (Phi) is 20.4. The summed E-state index contributed by atoms with van der Waals surface area (Å²) in [6.45, 7) is 15.0. The van der Waals surface area contributed by atoms with Gasteiger partial charge < -0.3 is 4.74 Å². The minimum atomic E-state index is -2.95. The minimum absolute atomic E-state index is 0.0146. The van der Waals surface area contributed by atoms with E-state index in [1.165, 1.54) is 14.7 Å². The average molecular weight is 506 g/mol. The molecule has 0 N–H and O–H groups in total. The Morgan fingerprint density at radius 1 is 0.686 bits per heavy atom. The molecule has 0 aliphatic heterocycles. The largest absolute Gasteiger partial charge is 0.456 e. The number of carbonyl (C=O) groups is 1. The highest BCUT2D eigenvalue weighted by Gasteiger charge is 2.32. The lowest BCUT2D eigenvalue weighted by atomic mass is 10.2. The first-order valence-corrected chi connectivity index (χ1v) is 13.5. The number of hydrogen-bond donors (Lipinski definition) is 0. The second-order valence-electron chi connectivity index (χ2n) is 6.45. The van der Waals surface area contributed by atoms with Crippen LogP contribution >= 0.6 is 0 Å². The molecule has 35 heavy (non-hydrogen) atoms. The zero-order valence-electron chi connectivity index (χ0n) is 22.7. The summed E-state index contributed by atoms with van der Waals surface area (Å²) in [6, 6.07) is 32.2. The van der Waals surface area contributed by atoms with Gasteiger partial charge in [-0.05, 0) is 43.3 Å². The Hall–Kier alpha value is -2.66. The van der Waals surface area contributed by atoms with E-state index in [0.29, 0.717) is 6.92 Å². The molecule has 0 amide bonds. The van der Waals surface area contributed by atoms with E-state index in [-0.39, 0.29) is 10.9 Å². The van der Waals surface area contributed by atoms with Crippen molar-refractivity contribution >= 4 is 16.9 Å². The second kappa shape index (κ2) is 20.7. The molecule has 0 spiro atoms. The monoisotopic (exact) mass is 505 g/mol. The quantitative estimate of drug-likeness (QED) is 0.255. The smallest absolute Gasteiger partial charge is 0.303 e. The summed E-state index contributed by atoms with van der Waals surface area (Å²) in [5.41, 5.74) is 0. The fourth-order valence-corrected chi connectivity index (χ4v) is 4.53. The van der Waals surface area contributed by atoms with Gasteiger partial charge in [-0.3, -0.25) is 4.79 Å². The normalized spacial score (nSPS) is 10.4. The van der Waals surface area contributed by atoms with Crippen molar-refractivity contribution < 1.29 is 18.3 Å². The molecule has 5 heteroatoms. The molecule has 2 nitrogen and oxygen atoms in total. The maximum Gasteiger partial charge on any atom is 0.303 e. The van der Waals surface area contributed by atoms with Crippen LogP contribution in [0.25, 0.3) is 0 Å². The molecule has 0 saturated heterocycles. The molecule has 0 aliphatic carbocycles. The first-order valence-electron chi connectivity index (χ1n) is 12.2. The third kappa shape index (κ3) is 14.4. The Labute approximate surface area is 215 Å². The fraction of sp³-hybridized carbons (Fsp3) is 0.367. The Bertz CT molecular complexity index is 773.